The number of nitrogens with zero attached hydrogens (tertiary/aromatic N) is 2. The molecule has 0 amide bonds. The van der Waals surface area contributed by atoms with Gasteiger partial charge in [0.2, 0.25) is 0 Å². The molecule has 0 radical (unpaired) electrons. The van der Waals surface area contributed by atoms with Crippen molar-refractivity contribution in [3.05, 3.63) is 63.3 Å². The van der Waals surface area contributed by atoms with Gasteiger partial charge in [0.15, 0.2) is 0 Å². The summed E-state index contributed by atoms with van der Waals surface area (Å²) in [7, 11) is -0.634. The summed E-state index contributed by atoms with van der Waals surface area (Å²) in [5, 5.41) is 0.405. The molecule has 1 fully saturated rings. The molecular formula is C21H21BClFN2O3. The van der Waals surface area contributed by atoms with Crippen LogP contribution in [-0.4, -0.2) is 27.7 Å². The molecule has 1 aliphatic heterocycles. The maximum atomic E-state index is 13.7. The van der Waals surface area contributed by atoms with Gasteiger partial charge in [0.25, 0.3) is 5.56 Å². The molecule has 0 saturated carbocycles. The molecule has 5 nitrogen and oxygen atoms in total. The molecule has 4 rings (SSSR count). The fourth-order valence-electron chi connectivity index (χ4n) is 3.36. The minimum absolute atomic E-state index is 0.381. The van der Waals surface area contributed by atoms with Gasteiger partial charge in [0.1, 0.15) is 11.5 Å². The molecule has 1 aromatic carbocycles. The highest BCUT2D eigenvalue weighted by Gasteiger charge is 2.52. The zero-order chi connectivity index (χ0) is 21.1. The van der Waals surface area contributed by atoms with Crippen LogP contribution in [-0.2, 0) is 9.31 Å². The van der Waals surface area contributed by atoms with Crippen LogP contribution in [0, 0.1) is 12.7 Å². The number of hydrogen-bond acceptors (Lipinski definition) is 4. The Morgan fingerprint density at radius 1 is 1.14 bits per heavy atom. The lowest BCUT2D eigenvalue weighted by atomic mass is 9.78. The van der Waals surface area contributed by atoms with Crippen LogP contribution in [0.25, 0.3) is 16.9 Å². The average Bonchev–Trinajstić information content (AvgIpc) is 2.83. The molecule has 0 atom stereocenters. The van der Waals surface area contributed by atoms with E-state index in [2.05, 4.69) is 4.98 Å². The van der Waals surface area contributed by atoms with Crippen molar-refractivity contribution in [1.29, 1.82) is 0 Å². The van der Waals surface area contributed by atoms with Crippen molar-refractivity contribution in [1.82, 2.24) is 9.38 Å². The summed E-state index contributed by atoms with van der Waals surface area (Å²) < 4.78 is 27.1. The molecule has 0 aliphatic carbocycles. The molecule has 3 aromatic rings. The van der Waals surface area contributed by atoms with E-state index in [1.165, 1.54) is 16.5 Å². The average molecular weight is 415 g/mol. The second kappa shape index (κ2) is 6.66. The zero-order valence-corrected chi connectivity index (χ0v) is 17.7. The summed E-state index contributed by atoms with van der Waals surface area (Å²) in [6.07, 6.45) is 1.13. The highest BCUT2D eigenvalue weighted by molar-refractivity contribution is 6.66. The first-order valence-electron chi connectivity index (χ1n) is 9.34. The van der Waals surface area contributed by atoms with Crippen LogP contribution in [0.2, 0.25) is 5.02 Å². The molecule has 0 spiro atoms. The molecule has 29 heavy (non-hydrogen) atoms. The van der Waals surface area contributed by atoms with Crippen molar-refractivity contribution >= 4 is 29.8 Å². The molecule has 1 saturated heterocycles. The van der Waals surface area contributed by atoms with Gasteiger partial charge in [0.05, 0.1) is 16.9 Å². The number of aryl methyl sites for hydroxylation is 1. The number of fused-ring (bicyclic) bond motifs is 1. The van der Waals surface area contributed by atoms with Gasteiger partial charge >= 0.3 is 7.12 Å². The maximum absolute atomic E-state index is 13.7. The Labute approximate surface area is 173 Å². The van der Waals surface area contributed by atoms with Crippen LogP contribution >= 0.6 is 11.6 Å². The number of halogens is 2. The number of hydrogen-bond donors (Lipinski definition) is 0. The van der Waals surface area contributed by atoms with E-state index < -0.39 is 24.1 Å². The molecule has 0 bridgehead atoms. The molecule has 2 aromatic heterocycles. The first-order valence-corrected chi connectivity index (χ1v) is 9.72. The van der Waals surface area contributed by atoms with E-state index in [9.17, 15) is 9.18 Å². The van der Waals surface area contributed by atoms with E-state index in [4.69, 9.17) is 20.9 Å². The predicted molar refractivity (Wildman–Crippen MR) is 112 cm³/mol. The van der Waals surface area contributed by atoms with E-state index in [0.29, 0.717) is 33.0 Å². The second-order valence-electron chi connectivity index (χ2n) is 8.31. The zero-order valence-electron chi connectivity index (χ0n) is 16.9. The van der Waals surface area contributed by atoms with E-state index in [1.54, 1.807) is 13.0 Å². The van der Waals surface area contributed by atoms with Gasteiger partial charge in [-0.3, -0.25) is 9.20 Å². The standard InChI is InChI=1S/C21H21BClFN2O3/c1-12-9-13(24)11-26-17(27)10-16(25-19(12)26)14-7-6-8-15(18(14)23)22-28-20(2,3)21(4,5)29-22/h6-11H,1-5H3. The van der Waals surface area contributed by atoms with Crippen molar-refractivity contribution < 1.29 is 13.7 Å². The van der Waals surface area contributed by atoms with Crippen LogP contribution in [0.4, 0.5) is 4.39 Å². The molecule has 8 heteroatoms. The number of aromatic nitrogens is 2. The Hall–Kier alpha value is -2.22. The number of pyridine rings is 1. The van der Waals surface area contributed by atoms with Crippen LogP contribution in [0.15, 0.2) is 41.3 Å². The lowest BCUT2D eigenvalue weighted by Gasteiger charge is -2.32. The smallest absolute Gasteiger partial charge is 0.399 e. The molecule has 150 valence electrons. The SMILES string of the molecule is Cc1cc(F)cn2c(=O)cc(-c3cccc(B4OC(C)(C)C(C)(C)O4)c3Cl)nc12. The Bertz CT molecular complexity index is 1180. The summed E-state index contributed by atoms with van der Waals surface area (Å²) in [6.45, 7) is 9.59. The van der Waals surface area contributed by atoms with E-state index in [1.807, 2.05) is 39.8 Å². The van der Waals surface area contributed by atoms with Gasteiger partial charge in [-0.25, -0.2) is 9.37 Å². The van der Waals surface area contributed by atoms with E-state index in [-0.39, 0.29) is 5.56 Å². The molecule has 3 heterocycles. The fraction of sp³-hybridized carbons (Fsp3) is 0.333. The third-order valence-corrected chi connectivity index (χ3v) is 6.15. The van der Waals surface area contributed by atoms with Crippen LogP contribution in [0.1, 0.15) is 33.3 Å². The lowest BCUT2D eigenvalue weighted by molar-refractivity contribution is 0.00578. The Balaban J connectivity index is 1.84. The van der Waals surface area contributed by atoms with E-state index in [0.717, 1.165) is 6.20 Å². The van der Waals surface area contributed by atoms with Gasteiger partial charge < -0.3 is 9.31 Å². The predicted octanol–water partition coefficient (Wildman–Crippen LogP) is 3.76. The monoisotopic (exact) mass is 414 g/mol. The Morgan fingerprint density at radius 3 is 2.45 bits per heavy atom. The summed E-state index contributed by atoms with van der Waals surface area (Å²) in [5.41, 5.74) is 1.21. The maximum Gasteiger partial charge on any atom is 0.496 e. The summed E-state index contributed by atoms with van der Waals surface area (Å²) >= 11 is 6.71. The molecular weight excluding hydrogens is 394 g/mol. The van der Waals surface area contributed by atoms with Crippen molar-refractivity contribution in [2.75, 3.05) is 0 Å². The molecule has 0 unspecified atom stereocenters. The highest BCUT2D eigenvalue weighted by atomic mass is 35.5. The fourth-order valence-corrected chi connectivity index (χ4v) is 3.68. The summed E-state index contributed by atoms with van der Waals surface area (Å²) in [6, 6.07) is 8.13. The van der Waals surface area contributed by atoms with Crippen LogP contribution < -0.4 is 11.0 Å². The van der Waals surface area contributed by atoms with Crippen molar-refractivity contribution in [2.24, 2.45) is 0 Å². The first-order chi connectivity index (χ1) is 13.5. The topological polar surface area (TPSA) is 52.8 Å². The Kier molecular flexibility index (Phi) is 4.61. The summed E-state index contributed by atoms with van der Waals surface area (Å²) in [4.78, 5) is 17.1. The Morgan fingerprint density at radius 2 is 1.79 bits per heavy atom. The lowest BCUT2D eigenvalue weighted by Crippen LogP contribution is -2.41. The van der Waals surface area contributed by atoms with Gasteiger partial charge in [-0.2, -0.15) is 0 Å². The normalized spacial score (nSPS) is 17.8. The van der Waals surface area contributed by atoms with Crippen molar-refractivity contribution in [2.45, 2.75) is 45.8 Å². The quantitative estimate of drug-likeness (QED) is 0.599. The molecule has 1 aliphatic rings. The number of benzene rings is 1. The van der Waals surface area contributed by atoms with Gasteiger partial charge in [0, 0.05) is 28.3 Å². The largest absolute Gasteiger partial charge is 0.496 e. The highest BCUT2D eigenvalue weighted by Crippen LogP contribution is 2.37. The van der Waals surface area contributed by atoms with Gasteiger partial charge in [-0.15, -0.1) is 0 Å². The van der Waals surface area contributed by atoms with Crippen molar-refractivity contribution in [3.8, 4) is 11.3 Å². The first kappa shape index (κ1) is 20.1. The van der Waals surface area contributed by atoms with Gasteiger partial charge in [-0.05, 0) is 46.2 Å². The van der Waals surface area contributed by atoms with Crippen LogP contribution in [0.3, 0.4) is 0 Å². The third-order valence-electron chi connectivity index (χ3n) is 5.72. The van der Waals surface area contributed by atoms with Gasteiger partial charge in [-0.1, -0.05) is 29.8 Å². The molecule has 0 N–H and O–H groups in total. The van der Waals surface area contributed by atoms with Crippen LogP contribution in [0.5, 0.6) is 0 Å². The minimum atomic E-state index is -0.634. The number of rotatable bonds is 2. The third kappa shape index (κ3) is 3.27. The van der Waals surface area contributed by atoms with Crippen molar-refractivity contribution in [3.63, 3.8) is 0 Å². The second-order valence-corrected chi connectivity index (χ2v) is 8.69. The minimum Gasteiger partial charge on any atom is -0.399 e. The summed E-state index contributed by atoms with van der Waals surface area (Å²) in [5.74, 6) is -0.493. The van der Waals surface area contributed by atoms with E-state index >= 15 is 0 Å².